The van der Waals surface area contributed by atoms with E-state index in [2.05, 4.69) is 15.3 Å². The number of nitrogens with two attached hydrogens (primary N) is 1. The Kier molecular flexibility index (Phi) is 5.64. The molecule has 2 heterocycles. The van der Waals surface area contributed by atoms with Crippen molar-refractivity contribution in [3.05, 3.63) is 66.4 Å². The summed E-state index contributed by atoms with van der Waals surface area (Å²) in [5.74, 6) is -1.79. The summed E-state index contributed by atoms with van der Waals surface area (Å²) in [4.78, 5) is 44.1. The normalized spacial score (nSPS) is 10.8. The fraction of sp³-hybridized carbons (Fsp3) is 0.0476. The van der Waals surface area contributed by atoms with Gasteiger partial charge in [0.25, 0.3) is 11.7 Å². The molecule has 4 N–H and O–H groups in total. The molecule has 30 heavy (non-hydrogen) atoms. The van der Waals surface area contributed by atoms with Crippen LogP contribution in [0.1, 0.15) is 10.4 Å². The number of primary amides is 1. The first-order valence-corrected chi connectivity index (χ1v) is 10.7. The highest BCUT2D eigenvalue weighted by atomic mass is 32.2. The van der Waals surface area contributed by atoms with Crippen molar-refractivity contribution in [3.63, 3.8) is 0 Å². The van der Waals surface area contributed by atoms with E-state index in [0.29, 0.717) is 26.0 Å². The summed E-state index contributed by atoms with van der Waals surface area (Å²) in [6.07, 6.45) is 1.53. The number of H-pyrrole nitrogens is 1. The predicted molar refractivity (Wildman–Crippen MR) is 119 cm³/mol. The molecule has 2 aromatic heterocycles. The van der Waals surface area contributed by atoms with Crippen LogP contribution in [-0.2, 0) is 9.59 Å². The highest BCUT2D eigenvalue weighted by Gasteiger charge is 2.23. The molecular formula is C21H16N4O3S2. The maximum atomic E-state index is 12.8. The zero-order chi connectivity index (χ0) is 21.1. The van der Waals surface area contributed by atoms with E-state index in [1.807, 2.05) is 48.5 Å². The topological polar surface area (TPSA) is 118 Å². The summed E-state index contributed by atoms with van der Waals surface area (Å²) in [6, 6.07) is 16.6. The van der Waals surface area contributed by atoms with E-state index < -0.39 is 17.6 Å². The Labute approximate surface area is 179 Å². The minimum atomic E-state index is -0.757. The average Bonchev–Trinajstić information content (AvgIpc) is 3.36. The van der Waals surface area contributed by atoms with Crippen molar-refractivity contribution in [1.29, 1.82) is 0 Å². The molecule has 0 aliphatic rings. The number of aromatic amines is 1. The molecule has 0 aliphatic heterocycles. The Balaban J connectivity index is 1.63. The molecule has 0 fully saturated rings. The lowest BCUT2D eigenvalue weighted by atomic mass is 10.1. The number of ketones is 1. The molecule has 2 amide bonds. The molecular weight excluding hydrogens is 420 g/mol. The minimum Gasteiger partial charge on any atom is -0.369 e. The van der Waals surface area contributed by atoms with Crippen LogP contribution >= 0.6 is 23.1 Å². The number of carbonyl (C=O) groups excluding carboxylic acids is 3. The molecule has 7 nitrogen and oxygen atoms in total. The third kappa shape index (κ3) is 4.12. The highest BCUT2D eigenvalue weighted by molar-refractivity contribution is 8.01. The maximum Gasteiger partial charge on any atom is 0.297 e. The van der Waals surface area contributed by atoms with Crippen molar-refractivity contribution >= 4 is 56.6 Å². The van der Waals surface area contributed by atoms with Crippen molar-refractivity contribution in [3.8, 4) is 11.3 Å². The zero-order valence-corrected chi connectivity index (χ0v) is 17.2. The summed E-state index contributed by atoms with van der Waals surface area (Å²) in [6.45, 7) is 0. The average molecular weight is 437 g/mol. The van der Waals surface area contributed by atoms with Crippen LogP contribution in [0.2, 0.25) is 0 Å². The number of amides is 2. The molecule has 0 bridgehead atoms. The van der Waals surface area contributed by atoms with Gasteiger partial charge in [-0.3, -0.25) is 14.4 Å². The van der Waals surface area contributed by atoms with Crippen LogP contribution in [0.3, 0.4) is 0 Å². The third-order valence-electron chi connectivity index (χ3n) is 4.26. The maximum absolute atomic E-state index is 12.8. The van der Waals surface area contributed by atoms with Gasteiger partial charge in [0.1, 0.15) is 10.7 Å². The SMILES string of the molecule is NC(=O)CSc1nc(-c2ccccc2)c(NC(=O)C(=O)c2c[nH]c3ccccc23)s1. The van der Waals surface area contributed by atoms with Crippen molar-refractivity contribution < 1.29 is 14.4 Å². The van der Waals surface area contributed by atoms with Gasteiger partial charge < -0.3 is 16.0 Å². The van der Waals surface area contributed by atoms with Crippen molar-refractivity contribution in [2.45, 2.75) is 4.34 Å². The molecule has 2 aromatic carbocycles. The second kappa shape index (κ2) is 8.52. The summed E-state index contributed by atoms with van der Waals surface area (Å²) in [5, 5.41) is 3.81. The van der Waals surface area contributed by atoms with Crippen LogP contribution in [0.25, 0.3) is 22.2 Å². The van der Waals surface area contributed by atoms with Gasteiger partial charge in [-0.2, -0.15) is 0 Å². The summed E-state index contributed by atoms with van der Waals surface area (Å²) < 4.78 is 0.572. The van der Waals surface area contributed by atoms with Gasteiger partial charge in [0, 0.05) is 22.7 Å². The fourth-order valence-corrected chi connectivity index (χ4v) is 4.71. The molecule has 9 heteroatoms. The number of hydrogen-bond donors (Lipinski definition) is 3. The summed E-state index contributed by atoms with van der Waals surface area (Å²) in [5.41, 5.74) is 7.62. The van der Waals surface area contributed by atoms with E-state index in [-0.39, 0.29) is 5.75 Å². The Hall–Kier alpha value is -3.43. The molecule has 0 saturated carbocycles. The van der Waals surface area contributed by atoms with Gasteiger partial charge in [-0.1, -0.05) is 71.6 Å². The molecule has 0 unspecified atom stereocenters. The molecule has 4 aromatic rings. The Morgan fingerprint density at radius 1 is 1.07 bits per heavy atom. The molecule has 0 atom stereocenters. The lowest BCUT2D eigenvalue weighted by Gasteiger charge is -2.04. The number of benzene rings is 2. The van der Waals surface area contributed by atoms with Crippen LogP contribution in [0.5, 0.6) is 0 Å². The monoisotopic (exact) mass is 436 g/mol. The van der Waals surface area contributed by atoms with Crippen molar-refractivity contribution in [1.82, 2.24) is 9.97 Å². The molecule has 4 rings (SSSR count). The number of Topliss-reactive ketones (excluding diaryl/α,β-unsaturated/α-hetero) is 1. The molecule has 150 valence electrons. The fourth-order valence-electron chi connectivity index (χ4n) is 2.91. The number of thioether (sulfide) groups is 1. The number of anilines is 1. The minimum absolute atomic E-state index is 0.0728. The Bertz CT molecular complexity index is 1250. The number of hydrogen-bond acceptors (Lipinski definition) is 6. The smallest absolute Gasteiger partial charge is 0.297 e. The van der Waals surface area contributed by atoms with E-state index in [0.717, 1.165) is 11.1 Å². The number of para-hydroxylation sites is 1. The van der Waals surface area contributed by atoms with E-state index >= 15 is 0 Å². The first-order valence-electron chi connectivity index (χ1n) is 8.92. The van der Waals surface area contributed by atoms with Crippen LogP contribution < -0.4 is 11.1 Å². The van der Waals surface area contributed by atoms with E-state index in [9.17, 15) is 14.4 Å². The van der Waals surface area contributed by atoms with Gasteiger partial charge in [-0.25, -0.2) is 4.98 Å². The largest absolute Gasteiger partial charge is 0.369 e. The van der Waals surface area contributed by atoms with Crippen molar-refractivity contribution in [2.75, 3.05) is 11.1 Å². The molecule has 0 saturated heterocycles. The van der Waals surface area contributed by atoms with Crippen LogP contribution in [0.4, 0.5) is 5.00 Å². The Morgan fingerprint density at radius 2 is 1.80 bits per heavy atom. The number of fused-ring (bicyclic) bond motifs is 1. The molecule has 0 radical (unpaired) electrons. The number of nitrogens with zero attached hydrogens (tertiary/aromatic N) is 1. The third-order valence-corrected chi connectivity index (χ3v) is 6.40. The summed E-state index contributed by atoms with van der Waals surface area (Å²) in [7, 11) is 0. The van der Waals surface area contributed by atoms with Gasteiger partial charge in [0.2, 0.25) is 5.91 Å². The molecule has 0 spiro atoms. The Morgan fingerprint density at radius 3 is 2.57 bits per heavy atom. The lowest BCUT2D eigenvalue weighted by molar-refractivity contribution is -0.115. The van der Waals surface area contributed by atoms with Gasteiger partial charge in [0.05, 0.1) is 11.3 Å². The number of carbonyl (C=O) groups is 3. The first-order chi connectivity index (χ1) is 14.5. The standard InChI is InChI=1S/C21H16N4O3S2/c22-16(26)11-29-21-24-17(12-6-2-1-3-7-12)20(30-21)25-19(28)18(27)14-10-23-15-9-5-4-8-13(14)15/h1-10,23H,11H2,(H2,22,26)(H,25,28). The number of aromatic nitrogens is 2. The summed E-state index contributed by atoms with van der Waals surface area (Å²) >= 11 is 2.38. The van der Waals surface area contributed by atoms with Crippen LogP contribution in [0.15, 0.2) is 65.1 Å². The highest BCUT2D eigenvalue weighted by Crippen LogP contribution is 2.37. The number of rotatable bonds is 7. The van der Waals surface area contributed by atoms with E-state index in [4.69, 9.17) is 5.73 Å². The van der Waals surface area contributed by atoms with Gasteiger partial charge in [-0.05, 0) is 6.07 Å². The quantitative estimate of drug-likeness (QED) is 0.232. The van der Waals surface area contributed by atoms with E-state index in [1.54, 1.807) is 6.07 Å². The van der Waals surface area contributed by atoms with Gasteiger partial charge in [0.15, 0.2) is 4.34 Å². The first kappa shape index (κ1) is 19.9. The van der Waals surface area contributed by atoms with Crippen LogP contribution in [-0.4, -0.2) is 33.3 Å². The predicted octanol–water partition coefficient (Wildman–Crippen LogP) is 3.69. The van der Waals surface area contributed by atoms with Gasteiger partial charge in [-0.15, -0.1) is 0 Å². The molecule has 0 aliphatic carbocycles. The van der Waals surface area contributed by atoms with Gasteiger partial charge >= 0.3 is 0 Å². The van der Waals surface area contributed by atoms with Crippen molar-refractivity contribution in [2.24, 2.45) is 5.73 Å². The number of thiazole rings is 1. The number of nitrogens with one attached hydrogen (secondary N) is 2. The van der Waals surface area contributed by atoms with E-state index in [1.165, 1.54) is 29.3 Å². The zero-order valence-electron chi connectivity index (χ0n) is 15.5. The second-order valence-electron chi connectivity index (χ2n) is 6.31. The van der Waals surface area contributed by atoms with Crippen LogP contribution in [0, 0.1) is 0 Å². The lowest BCUT2D eigenvalue weighted by Crippen LogP contribution is -2.22. The second-order valence-corrected chi connectivity index (χ2v) is 8.53.